The number of carboxylic acids is 1. The van der Waals surface area contributed by atoms with E-state index >= 15 is 0 Å². The van der Waals surface area contributed by atoms with Gasteiger partial charge in [-0.15, -0.1) is 0 Å². The molecule has 7 rings (SSSR count). The Bertz CT molecular complexity index is 2280. The van der Waals surface area contributed by atoms with Crippen LogP contribution in [-0.2, 0) is 79.1 Å². The van der Waals surface area contributed by atoms with Crippen molar-refractivity contribution in [1.82, 2.24) is 5.32 Å². The van der Waals surface area contributed by atoms with Crippen LogP contribution in [-0.4, -0.2) is 60.2 Å². The molecule has 10 heteroatoms. The molecular weight excluding hydrogens is 795 g/mol. The zero-order valence-corrected chi connectivity index (χ0v) is 35.5. The van der Waals surface area contributed by atoms with E-state index in [-0.39, 0.29) is 19.6 Å². The SMILES string of the molecule is CC(=O)N[C@@H](Cc1ccc(C[C@@H]2O[C@H](COCc3ccccc3)[C@@H](OCc3ccccc3)[C@H](OCc3ccccc3)[C@H]2OCc2ccccc2)c(OCc2ccccc2)c1)C(=O)O. The highest BCUT2D eigenvalue weighted by Gasteiger charge is 2.48. The average Bonchev–Trinajstić information content (AvgIpc) is 3.31. The molecule has 0 spiro atoms. The van der Waals surface area contributed by atoms with Crippen LogP contribution in [0.4, 0.5) is 0 Å². The minimum atomic E-state index is -1.12. The lowest BCUT2D eigenvalue weighted by Crippen LogP contribution is -2.61. The molecule has 1 fully saturated rings. The Morgan fingerprint density at radius 1 is 0.556 bits per heavy atom. The first kappa shape index (κ1) is 44.9. The fraction of sp³-hybridized carbons (Fsp3) is 0.283. The van der Waals surface area contributed by atoms with Gasteiger partial charge in [0.25, 0.3) is 0 Å². The number of nitrogens with one attached hydrogen (secondary N) is 1. The summed E-state index contributed by atoms with van der Waals surface area (Å²) in [5.41, 5.74) is 6.54. The van der Waals surface area contributed by atoms with Gasteiger partial charge in [-0.3, -0.25) is 4.79 Å². The van der Waals surface area contributed by atoms with Gasteiger partial charge in [0, 0.05) is 19.8 Å². The lowest BCUT2D eigenvalue weighted by atomic mass is 9.90. The summed E-state index contributed by atoms with van der Waals surface area (Å²) >= 11 is 0. The molecule has 326 valence electrons. The van der Waals surface area contributed by atoms with Crippen LogP contribution >= 0.6 is 0 Å². The number of hydrogen-bond acceptors (Lipinski definition) is 8. The normalized spacial score (nSPS) is 18.9. The Kier molecular flexibility index (Phi) is 16.6. The van der Waals surface area contributed by atoms with Crippen LogP contribution in [0.15, 0.2) is 170 Å². The summed E-state index contributed by atoms with van der Waals surface area (Å²) in [6, 6.07) is 54.5. The zero-order chi connectivity index (χ0) is 43.6. The van der Waals surface area contributed by atoms with E-state index in [0.29, 0.717) is 44.2 Å². The molecule has 6 aromatic rings. The molecule has 1 aliphatic heterocycles. The maximum absolute atomic E-state index is 12.2. The highest BCUT2D eigenvalue weighted by Crippen LogP contribution is 2.35. The molecule has 6 aromatic carbocycles. The van der Waals surface area contributed by atoms with Gasteiger partial charge in [0.1, 0.15) is 42.8 Å². The molecule has 0 aromatic heterocycles. The molecule has 0 radical (unpaired) electrons. The third kappa shape index (κ3) is 13.7. The number of amides is 1. The van der Waals surface area contributed by atoms with Crippen LogP contribution in [0, 0.1) is 0 Å². The largest absolute Gasteiger partial charge is 0.489 e. The maximum Gasteiger partial charge on any atom is 0.326 e. The van der Waals surface area contributed by atoms with Gasteiger partial charge in [-0.05, 0) is 45.0 Å². The first-order valence-corrected chi connectivity index (χ1v) is 21.4. The van der Waals surface area contributed by atoms with Gasteiger partial charge in [-0.25, -0.2) is 4.79 Å². The molecule has 1 aliphatic rings. The molecule has 0 saturated carbocycles. The first-order chi connectivity index (χ1) is 30.9. The summed E-state index contributed by atoms with van der Waals surface area (Å²) in [5.74, 6) is -0.982. The van der Waals surface area contributed by atoms with Crippen molar-refractivity contribution in [1.29, 1.82) is 0 Å². The highest BCUT2D eigenvalue weighted by molar-refractivity contribution is 5.82. The van der Waals surface area contributed by atoms with E-state index < -0.39 is 48.4 Å². The monoisotopic (exact) mass is 849 g/mol. The third-order valence-corrected chi connectivity index (χ3v) is 10.9. The first-order valence-electron chi connectivity index (χ1n) is 21.4. The predicted molar refractivity (Wildman–Crippen MR) is 240 cm³/mol. The highest BCUT2D eigenvalue weighted by atomic mass is 16.6. The second kappa shape index (κ2) is 23.3. The fourth-order valence-corrected chi connectivity index (χ4v) is 7.71. The van der Waals surface area contributed by atoms with Gasteiger partial charge >= 0.3 is 5.97 Å². The summed E-state index contributed by atoms with van der Waals surface area (Å²) in [4.78, 5) is 24.1. The van der Waals surface area contributed by atoms with Gasteiger partial charge in [0.15, 0.2) is 0 Å². The molecule has 2 N–H and O–H groups in total. The molecule has 10 nitrogen and oxygen atoms in total. The molecule has 0 aliphatic carbocycles. The van der Waals surface area contributed by atoms with Crippen molar-refractivity contribution in [2.45, 2.75) is 89.4 Å². The minimum Gasteiger partial charge on any atom is -0.489 e. The van der Waals surface area contributed by atoms with E-state index in [1.165, 1.54) is 6.92 Å². The number of carboxylic acid groups (broad SMARTS) is 1. The van der Waals surface area contributed by atoms with Crippen LogP contribution in [0.1, 0.15) is 45.9 Å². The van der Waals surface area contributed by atoms with Crippen molar-refractivity contribution in [2.24, 2.45) is 0 Å². The number of carbonyl (C=O) groups is 2. The summed E-state index contributed by atoms with van der Waals surface area (Å²) < 4.78 is 40.9. The predicted octanol–water partition coefficient (Wildman–Crippen LogP) is 8.68. The van der Waals surface area contributed by atoms with Gasteiger partial charge in [0.05, 0.1) is 39.1 Å². The van der Waals surface area contributed by atoms with Crippen molar-refractivity contribution < 1.29 is 43.1 Å². The Labute approximate surface area is 369 Å². The van der Waals surface area contributed by atoms with Crippen LogP contribution in [0.3, 0.4) is 0 Å². The topological polar surface area (TPSA) is 122 Å². The Hall–Kier alpha value is -6.14. The zero-order valence-electron chi connectivity index (χ0n) is 35.5. The molecule has 1 heterocycles. The quantitative estimate of drug-likeness (QED) is 0.0692. The summed E-state index contributed by atoms with van der Waals surface area (Å²) in [6.07, 6.45) is -2.56. The number of rotatable bonds is 22. The second-order valence-corrected chi connectivity index (χ2v) is 15.7. The van der Waals surface area contributed by atoms with Gasteiger partial charge in [-0.2, -0.15) is 0 Å². The number of ether oxygens (including phenoxy) is 6. The maximum atomic E-state index is 12.2. The molecular formula is C53H55NO9. The molecule has 1 saturated heterocycles. The van der Waals surface area contributed by atoms with Crippen molar-refractivity contribution in [2.75, 3.05) is 6.61 Å². The second-order valence-electron chi connectivity index (χ2n) is 15.7. The van der Waals surface area contributed by atoms with Crippen LogP contribution < -0.4 is 10.1 Å². The molecule has 0 unspecified atom stereocenters. The number of hydrogen-bond donors (Lipinski definition) is 2. The third-order valence-electron chi connectivity index (χ3n) is 10.9. The van der Waals surface area contributed by atoms with Crippen LogP contribution in [0.5, 0.6) is 5.75 Å². The summed E-state index contributed by atoms with van der Waals surface area (Å²) in [5, 5.41) is 12.5. The summed E-state index contributed by atoms with van der Waals surface area (Å²) in [7, 11) is 0. The van der Waals surface area contributed by atoms with E-state index in [4.69, 9.17) is 28.4 Å². The lowest BCUT2D eigenvalue weighted by Gasteiger charge is -2.46. The standard InChI is InChI=1S/C53H55NO9/c1-38(55)54-46(53(56)57)29-44-27-28-45(47(30-44)59-33-40-19-9-3-10-20-40)31-48-50(60-34-41-21-11-4-12-22-41)52(62-36-43-25-15-6-16-26-43)51(61-35-42-23-13-5-14-24-42)49(63-48)37-58-32-39-17-7-2-8-18-39/h2-28,30,46,48-52H,29,31-37H2,1H3,(H,54,55)(H,56,57)/t46-,48-,49+,50-,51+,52+/m0/s1. The van der Waals surface area contributed by atoms with Crippen molar-refractivity contribution >= 4 is 11.9 Å². The van der Waals surface area contributed by atoms with E-state index in [1.54, 1.807) is 0 Å². The van der Waals surface area contributed by atoms with E-state index in [1.807, 2.05) is 170 Å². The van der Waals surface area contributed by atoms with Crippen molar-refractivity contribution in [3.05, 3.63) is 209 Å². The van der Waals surface area contributed by atoms with Gasteiger partial charge < -0.3 is 38.8 Å². The van der Waals surface area contributed by atoms with Crippen LogP contribution in [0.25, 0.3) is 0 Å². The van der Waals surface area contributed by atoms with Crippen molar-refractivity contribution in [3.63, 3.8) is 0 Å². The number of carbonyl (C=O) groups excluding carboxylic acids is 1. The van der Waals surface area contributed by atoms with Gasteiger partial charge in [-0.1, -0.05) is 164 Å². The van der Waals surface area contributed by atoms with E-state index in [0.717, 1.165) is 33.4 Å². The molecule has 0 bridgehead atoms. The van der Waals surface area contributed by atoms with E-state index in [9.17, 15) is 14.7 Å². The Morgan fingerprint density at radius 2 is 1.00 bits per heavy atom. The lowest BCUT2D eigenvalue weighted by molar-refractivity contribution is -0.272. The molecule has 6 atom stereocenters. The molecule has 1 amide bonds. The smallest absolute Gasteiger partial charge is 0.326 e. The average molecular weight is 850 g/mol. The summed E-state index contributed by atoms with van der Waals surface area (Å²) in [6.45, 7) is 3.12. The van der Waals surface area contributed by atoms with Crippen molar-refractivity contribution in [3.8, 4) is 5.75 Å². The fourth-order valence-electron chi connectivity index (χ4n) is 7.71. The number of benzene rings is 6. The Balaban J connectivity index is 1.26. The minimum absolute atomic E-state index is 0.0658. The van der Waals surface area contributed by atoms with Crippen LogP contribution in [0.2, 0.25) is 0 Å². The Morgan fingerprint density at radius 3 is 1.48 bits per heavy atom. The van der Waals surface area contributed by atoms with E-state index in [2.05, 4.69) is 5.32 Å². The molecule has 63 heavy (non-hydrogen) atoms. The number of aliphatic carboxylic acids is 1. The van der Waals surface area contributed by atoms with Gasteiger partial charge in [0.2, 0.25) is 5.91 Å².